The van der Waals surface area contributed by atoms with Crippen LogP contribution in [0.4, 0.5) is 11.5 Å². The number of nitrogen functional groups attached to an aromatic ring is 1. The quantitative estimate of drug-likeness (QED) is 0.856. The van der Waals surface area contributed by atoms with Gasteiger partial charge in [-0.05, 0) is 18.2 Å². The van der Waals surface area contributed by atoms with Gasteiger partial charge in [0.25, 0.3) is 10.0 Å². The Labute approximate surface area is 110 Å². The highest BCUT2D eigenvalue weighted by Crippen LogP contribution is 2.24. The molecular formula is C11H11N5O2S. The second-order valence-electron chi connectivity index (χ2n) is 3.78. The van der Waals surface area contributed by atoms with Gasteiger partial charge in [-0.1, -0.05) is 6.07 Å². The molecule has 0 aliphatic carbocycles. The summed E-state index contributed by atoms with van der Waals surface area (Å²) in [5.74, 6) is -0.0247. The minimum atomic E-state index is -3.80. The summed E-state index contributed by atoms with van der Waals surface area (Å²) in [4.78, 5) is -0.0997. The van der Waals surface area contributed by atoms with Gasteiger partial charge < -0.3 is 5.73 Å². The van der Waals surface area contributed by atoms with Crippen LogP contribution >= 0.6 is 0 Å². The summed E-state index contributed by atoms with van der Waals surface area (Å²) in [5, 5.41) is 14.8. The number of sulfonamides is 1. The van der Waals surface area contributed by atoms with Crippen LogP contribution in [0.15, 0.2) is 35.4 Å². The van der Waals surface area contributed by atoms with Crippen molar-refractivity contribution in [3.05, 3.63) is 36.0 Å². The van der Waals surface area contributed by atoms with Crippen molar-refractivity contribution in [3.63, 3.8) is 0 Å². The Hall–Kier alpha value is -2.53. The van der Waals surface area contributed by atoms with Crippen molar-refractivity contribution in [1.29, 1.82) is 5.26 Å². The molecule has 0 bridgehead atoms. The number of nitrogens with two attached hydrogens (primary N) is 1. The molecule has 0 amide bonds. The number of nitriles is 1. The van der Waals surface area contributed by atoms with Crippen LogP contribution < -0.4 is 10.0 Å². The maximum absolute atomic E-state index is 12.3. The number of benzene rings is 1. The average Bonchev–Trinajstić information content (AvgIpc) is 2.85. The summed E-state index contributed by atoms with van der Waals surface area (Å²) >= 11 is 0. The number of hydrogen-bond acceptors (Lipinski definition) is 5. The van der Waals surface area contributed by atoms with Crippen LogP contribution in [0.2, 0.25) is 0 Å². The molecule has 2 rings (SSSR count). The minimum absolute atomic E-state index is 0.0247. The van der Waals surface area contributed by atoms with Gasteiger partial charge in [-0.2, -0.15) is 10.4 Å². The van der Waals surface area contributed by atoms with Gasteiger partial charge in [-0.15, -0.1) is 0 Å². The minimum Gasteiger partial charge on any atom is -0.383 e. The Bertz CT molecular complexity index is 744. The van der Waals surface area contributed by atoms with Gasteiger partial charge in [0.05, 0.1) is 23.5 Å². The lowest BCUT2D eigenvalue weighted by Gasteiger charge is -2.18. The lowest BCUT2D eigenvalue weighted by molar-refractivity contribution is 0.595. The normalized spacial score (nSPS) is 10.9. The van der Waals surface area contributed by atoms with E-state index in [-0.39, 0.29) is 10.7 Å². The Kier molecular flexibility index (Phi) is 3.14. The Balaban J connectivity index is 2.47. The van der Waals surface area contributed by atoms with Gasteiger partial charge in [0, 0.05) is 7.05 Å². The van der Waals surface area contributed by atoms with Gasteiger partial charge in [-0.3, -0.25) is 9.40 Å². The topological polar surface area (TPSA) is 116 Å². The molecule has 1 aromatic carbocycles. The molecule has 19 heavy (non-hydrogen) atoms. The lowest BCUT2D eigenvalue weighted by Crippen LogP contribution is -2.26. The number of hydrogen-bond donors (Lipinski definition) is 2. The number of aromatic amines is 1. The molecule has 0 unspecified atom stereocenters. The molecular weight excluding hydrogens is 266 g/mol. The third-order valence-corrected chi connectivity index (χ3v) is 4.42. The second kappa shape index (κ2) is 4.62. The summed E-state index contributed by atoms with van der Waals surface area (Å²) in [6.45, 7) is 0. The average molecular weight is 277 g/mol. The van der Waals surface area contributed by atoms with Crippen molar-refractivity contribution in [2.45, 2.75) is 4.90 Å². The second-order valence-corrected chi connectivity index (χ2v) is 5.72. The molecule has 0 saturated heterocycles. The van der Waals surface area contributed by atoms with E-state index in [1.165, 1.54) is 13.1 Å². The van der Waals surface area contributed by atoms with E-state index in [1.54, 1.807) is 18.2 Å². The van der Waals surface area contributed by atoms with Crippen molar-refractivity contribution in [3.8, 4) is 6.07 Å². The predicted molar refractivity (Wildman–Crippen MR) is 69.7 cm³/mol. The van der Waals surface area contributed by atoms with Crippen LogP contribution in [0.5, 0.6) is 0 Å². The number of aromatic nitrogens is 2. The van der Waals surface area contributed by atoms with E-state index in [4.69, 9.17) is 11.0 Å². The molecule has 0 aliphatic rings. The summed E-state index contributed by atoms with van der Waals surface area (Å²) in [6, 6.07) is 8.23. The molecule has 0 aliphatic heterocycles. The molecule has 8 heteroatoms. The highest BCUT2D eigenvalue weighted by molar-refractivity contribution is 7.93. The fourth-order valence-electron chi connectivity index (χ4n) is 1.55. The van der Waals surface area contributed by atoms with E-state index >= 15 is 0 Å². The van der Waals surface area contributed by atoms with Crippen molar-refractivity contribution in [2.75, 3.05) is 17.1 Å². The molecule has 7 nitrogen and oxygen atoms in total. The standard InChI is InChI=1S/C11H11N5O2S/c1-16(9-4-2-3-8(5-9)6-12)19(17,18)10-7-14-15-11(10)13/h2-5,7H,1H3,(H3,13,14,15). The highest BCUT2D eigenvalue weighted by atomic mass is 32.2. The summed E-state index contributed by atoms with van der Waals surface area (Å²) in [6.07, 6.45) is 1.15. The third-order valence-electron chi connectivity index (χ3n) is 2.61. The molecule has 0 radical (unpaired) electrons. The van der Waals surface area contributed by atoms with Gasteiger partial charge in [0.2, 0.25) is 0 Å². The summed E-state index contributed by atoms with van der Waals surface area (Å²) in [7, 11) is -2.41. The number of anilines is 2. The molecule has 0 saturated carbocycles. The van der Waals surface area contributed by atoms with E-state index in [9.17, 15) is 8.42 Å². The first kappa shape index (κ1) is 12.9. The molecule has 1 aromatic heterocycles. The van der Waals surface area contributed by atoms with E-state index in [0.29, 0.717) is 11.3 Å². The first-order valence-electron chi connectivity index (χ1n) is 5.24. The van der Waals surface area contributed by atoms with Crippen LogP contribution in [-0.2, 0) is 10.0 Å². The SMILES string of the molecule is CN(c1cccc(C#N)c1)S(=O)(=O)c1cn[nH]c1N. The monoisotopic (exact) mass is 277 g/mol. The van der Waals surface area contributed by atoms with E-state index in [2.05, 4.69) is 10.2 Å². The van der Waals surface area contributed by atoms with Crippen LogP contribution in [-0.4, -0.2) is 25.7 Å². The maximum Gasteiger partial charge on any atom is 0.269 e. The number of nitrogens with one attached hydrogen (secondary N) is 1. The Morgan fingerprint density at radius 2 is 2.21 bits per heavy atom. The lowest BCUT2D eigenvalue weighted by atomic mass is 10.2. The largest absolute Gasteiger partial charge is 0.383 e. The van der Waals surface area contributed by atoms with Gasteiger partial charge in [0.15, 0.2) is 0 Å². The number of rotatable bonds is 3. The third kappa shape index (κ3) is 2.23. The number of nitrogens with zero attached hydrogens (tertiary/aromatic N) is 3. The van der Waals surface area contributed by atoms with Crippen molar-refractivity contribution >= 4 is 21.5 Å². The fraction of sp³-hybridized carbons (Fsp3) is 0.0909. The van der Waals surface area contributed by atoms with Crippen molar-refractivity contribution in [2.24, 2.45) is 0 Å². The molecule has 0 fully saturated rings. The van der Waals surface area contributed by atoms with Gasteiger partial charge in [-0.25, -0.2) is 8.42 Å². The van der Waals surface area contributed by atoms with Gasteiger partial charge >= 0.3 is 0 Å². The maximum atomic E-state index is 12.3. The highest BCUT2D eigenvalue weighted by Gasteiger charge is 2.25. The molecule has 2 aromatic rings. The smallest absolute Gasteiger partial charge is 0.269 e. The van der Waals surface area contributed by atoms with E-state index in [1.807, 2.05) is 6.07 Å². The molecule has 1 heterocycles. The van der Waals surface area contributed by atoms with Crippen molar-refractivity contribution in [1.82, 2.24) is 10.2 Å². The molecule has 0 spiro atoms. The fourth-order valence-corrected chi connectivity index (χ4v) is 2.74. The Morgan fingerprint density at radius 3 is 2.79 bits per heavy atom. The molecule has 0 atom stereocenters. The first-order valence-corrected chi connectivity index (χ1v) is 6.69. The van der Waals surface area contributed by atoms with Crippen LogP contribution in [0, 0.1) is 11.3 Å². The predicted octanol–water partition coefficient (Wildman–Crippen LogP) is 0.689. The first-order chi connectivity index (χ1) is 8.96. The molecule has 3 N–H and O–H groups in total. The van der Waals surface area contributed by atoms with Gasteiger partial charge in [0.1, 0.15) is 10.7 Å². The summed E-state index contributed by atoms with van der Waals surface area (Å²) < 4.78 is 25.7. The zero-order valence-corrected chi connectivity index (χ0v) is 10.8. The van der Waals surface area contributed by atoms with Crippen molar-refractivity contribution < 1.29 is 8.42 Å². The van der Waals surface area contributed by atoms with Crippen LogP contribution in [0.1, 0.15) is 5.56 Å². The zero-order chi connectivity index (χ0) is 14.0. The Morgan fingerprint density at radius 1 is 1.47 bits per heavy atom. The van der Waals surface area contributed by atoms with Crippen LogP contribution in [0.3, 0.4) is 0 Å². The number of H-pyrrole nitrogens is 1. The molecule has 98 valence electrons. The van der Waals surface area contributed by atoms with E-state index in [0.717, 1.165) is 10.5 Å². The summed E-state index contributed by atoms with van der Waals surface area (Å²) in [5.41, 5.74) is 6.27. The van der Waals surface area contributed by atoms with E-state index < -0.39 is 10.0 Å². The van der Waals surface area contributed by atoms with Crippen LogP contribution in [0.25, 0.3) is 0 Å². The zero-order valence-electron chi connectivity index (χ0n) is 10.0.